The van der Waals surface area contributed by atoms with E-state index in [1.807, 2.05) is 0 Å². The van der Waals surface area contributed by atoms with E-state index in [0.717, 1.165) is 0 Å². The molecule has 110 valence electrons. The smallest absolute Gasteiger partial charge is 0.311 e. The van der Waals surface area contributed by atoms with Crippen molar-refractivity contribution in [3.63, 3.8) is 0 Å². The monoisotopic (exact) mass is 310 g/mol. The Morgan fingerprint density at radius 3 is 2.71 bits per heavy atom. The first-order valence-corrected chi connectivity index (χ1v) is 6.39. The van der Waals surface area contributed by atoms with Crippen molar-refractivity contribution in [1.82, 2.24) is 0 Å². The van der Waals surface area contributed by atoms with E-state index in [1.54, 1.807) is 12.1 Å². The van der Waals surface area contributed by atoms with Crippen LogP contribution in [0.1, 0.15) is 5.56 Å². The maximum Gasteiger partial charge on any atom is 0.311 e. The number of nitro benzene ring substituents is 1. The highest BCUT2D eigenvalue weighted by Crippen LogP contribution is 2.28. The largest absolute Gasteiger partial charge is 0.490 e. The number of hydrogen-bond acceptors (Lipinski definition) is 4. The predicted octanol–water partition coefficient (Wildman–Crippen LogP) is 4.01. The molecule has 21 heavy (non-hydrogen) atoms. The fourth-order valence-electron chi connectivity index (χ4n) is 1.82. The van der Waals surface area contributed by atoms with Gasteiger partial charge in [0, 0.05) is 17.6 Å². The number of methoxy groups -OCH3 is 1. The van der Waals surface area contributed by atoms with Crippen molar-refractivity contribution in [2.45, 2.75) is 6.54 Å². The van der Waals surface area contributed by atoms with Crippen molar-refractivity contribution in [3.8, 4) is 5.75 Å². The van der Waals surface area contributed by atoms with Crippen LogP contribution in [0.15, 0.2) is 36.4 Å². The van der Waals surface area contributed by atoms with Crippen LogP contribution in [-0.2, 0) is 6.54 Å². The normalized spacial score (nSPS) is 10.2. The Hall–Kier alpha value is -2.34. The Kier molecular flexibility index (Phi) is 4.59. The minimum absolute atomic E-state index is 0.131. The van der Waals surface area contributed by atoms with Gasteiger partial charge in [0.15, 0.2) is 5.75 Å². The lowest BCUT2D eigenvalue weighted by Gasteiger charge is -2.09. The molecule has 0 aliphatic carbocycles. The Morgan fingerprint density at radius 2 is 2.10 bits per heavy atom. The highest BCUT2D eigenvalue weighted by molar-refractivity contribution is 6.30. The molecule has 1 N–H and O–H groups in total. The van der Waals surface area contributed by atoms with Crippen LogP contribution >= 0.6 is 11.6 Å². The average Bonchev–Trinajstić information content (AvgIpc) is 2.46. The van der Waals surface area contributed by atoms with Crippen molar-refractivity contribution < 1.29 is 14.1 Å². The van der Waals surface area contributed by atoms with E-state index in [-0.39, 0.29) is 23.7 Å². The summed E-state index contributed by atoms with van der Waals surface area (Å²) in [5.41, 5.74) is 0.781. The quantitative estimate of drug-likeness (QED) is 0.669. The van der Waals surface area contributed by atoms with Gasteiger partial charge in [-0.2, -0.15) is 0 Å². The summed E-state index contributed by atoms with van der Waals surface area (Å²) in [6.07, 6.45) is 0. The molecule has 0 saturated heterocycles. The first-order valence-electron chi connectivity index (χ1n) is 6.01. The fourth-order valence-corrected chi connectivity index (χ4v) is 1.98. The van der Waals surface area contributed by atoms with E-state index in [0.29, 0.717) is 10.6 Å². The van der Waals surface area contributed by atoms with Gasteiger partial charge in [-0.15, -0.1) is 0 Å². The van der Waals surface area contributed by atoms with Crippen molar-refractivity contribution in [1.29, 1.82) is 0 Å². The van der Waals surface area contributed by atoms with E-state index in [4.69, 9.17) is 16.3 Å². The second-order valence-corrected chi connectivity index (χ2v) is 4.68. The Labute approximate surface area is 125 Å². The average molecular weight is 311 g/mol. The lowest BCUT2D eigenvalue weighted by molar-refractivity contribution is -0.385. The molecule has 0 saturated carbocycles. The van der Waals surface area contributed by atoms with Crippen LogP contribution in [0, 0.1) is 15.9 Å². The molecule has 0 radical (unpaired) electrons. The van der Waals surface area contributed by atoms with Crippen LogP contribution in [0.5, 0.6) is 5.75 Å². The molecule has 0 spiro atoms. The molecule has 0 unspecified atom stereocenters. The van der Waals surface area contributed by atoms with Crippen LogP contribution in [0.3, 0.4) is 0 Å². The summed E-state index contributed by atoms with van der Waals surface area (Å²) in [7, 11) is 1.36. The third-order valence-electron chi connectivity index (χ3n) is 2.85. The predicted molar refractivity (Wildman–Crippen MR) is 78.4 cm³/mol. The summed E-state index contributed by atoms with van der Waals surface area (Å²) in [6, 6.07) is 8.83. The molecule has 5 nitrogen and oxygen atoms in total. The van der Waals surface area contributed by atoms with Crippen LogP contribution in [0.25, 0.3) is 0 Å². The van der Waals surface area contributed by atoms with Gasteiger partial charge in [0.05, 0.1) is 17.7 Å². The second-order valence-electron chi connectivity index (χ2n) is 4.24. The number of anilines is 1. The number of hydrogen-bond donors (Lipinski definition) is 1. The third-order valence-corrected chi connectivity index (χ3v) is 3.09. The van der Waals surface area contributed by atoms with Crippen LogP contribution in [0.4, 0.5) is 15.8 Å². The zero-order valence-electron chi connectivity index (χ0n) is 11.1. The lowest BCUT2D eigenvalue weighted by atomic mass is 10.2. The molecule has 0 atom stereocenters. The summed E-state index contributed by atoms with van der Waals surface area (Å²) in [6.45, 7) is 0.239. The Balaban J connectivity index is 2.16. The highest BCUT2D eigenvalue weighted by atomic mass is 35.5. The van der Waals surface area contributed by atoms with Gasteiger partial charge in [0.2, 0.25) is 0 Å². The minimum Gasteiger partial charge on any atom is -0.490 e. The first-order chi connectivity index (χ1) is 10.0. The molecule has 0 heterocycles. The van der Waals surface area contributed by atoms with Crippen LogP contribution in [-0.4, -0.2) is 12.0 Å². The number of ether oxygens (including phenoxy) is 1. The summed E-state index contributed by atoms with van der Waals surface area (Å²) in [5, 5.41) is 14.1. The van der Waals surface area contributed by atoms with Gasteiger partial charge in [0.1, 0.15) is 5.82 Å². The van der Waals surface area contributed by atoms with Gasteiger partial charge >= 0.3 is 5.69 Å². The van der Waals surface area contributed by atoms with E-state index in [2.05, 4.69) is 5.32 Å². The molecule has 0 bridgehead atoms. The summed E-state index contributed by atoms with van der Waals surface area (Å²) >= 11 is 5.67. The topological polar surface area (TPSA) is 64.4 Å². The second kappa shape index (κ2) is 6.41. The van der Waals surface area contributed by atoms with Crippen molar-refractivity contribution in [2.24, 2.45) is 0 Å². The maximum atomic E-state index is 13.6. The molecular formula is C14H12ClFN2O3. The number of halogens is 2. The zero-order chi connectivity index (χ0) is 15.4. The molecule has 7 heteroatoms. The molecule has 0 aromatic heterocycles. The Bertz CT molecular complexity index is 679. The molecule has 2 rings (SSSR count). The number of nitrogens with zero attached hydrogens (tertiary/aromatic N) is 1. The molecule has 2 aromatic rings. The van der Waals surface area contributed by atoms with Gasteiger partial charge in [-0.05, 0) is 29.8 Å². The molecule has 0 amide bonds. The van der Waals surface area contributed by atoms with Gasteiger partial charge in [-0.1, -0.05) is 17.7 Å². The van der Waals surface area contributed by atoms with E-state index < -0.39 is 10.7 Å². The third kappa shape index (κ3) is 3.61. The lowest BCUT2D eigenvalue weighted by Crippen LogP contribution is -2.02. The molecule has 2 aromatic carbocycles. The molecule has 0 fully saturated rings. The van der Waals surface area contributed by atoms with E-state index in [1.165, 1.54) is 31.4 Å². The molecular weight excluding hydrogens is 299 g/mol. The van der Waals surface area contributed by atoms with Gasteiger partial charge in [-0.3, -0.25) is 10.1 Å². The van der Waals surface area contributed by atoms with Crippen LogP contribution < -0.4 is 10.1 Å². The molecule has 0 aliphatic rings. The number of rotatable bonds is 5. The standard InChI is InChI=1S/C14H12ClFN2O3/c1-21-14-5-2-9(6-13(14)18(19)20)8-17-12-4-3-10(15)7-11(12)16/h2-7,17H,8H2,1H3. The van der Waals surface area contributed by atoms with Crippen LogP contribution in [0.2, 0.25) is 5.02 Å². The number of benzene rings is 2. The van der Waals surface area contributed by atoms with E-state index >= 15 is 0 Å². The minimum atomic E-state index is -0.523. The summed E-state index contributed by atoms with van der Waals surface area (Å²) in [5.74, 6) is -0.299. The first kappa shape index (κ1) is 15.1. The number of nitrogens with one attached hydrogen (secondary N) is 1. The maximum absolute atomic E-state index is 13.6. The molecule has 0 aliphatic heterocycles. The van der Waals surface area contributed by atoms with Gasteiger partial charge in [0.25, 0.3) is 0 Å². The van der Waals surface area contributed by atoms with Gasteiger partial charge < -0.3 is 10.1 Å². The van der Waals surface area contributed by atoms with Crippen molar-refractivity contribution in [2.75, 3.05) is 12.4 Å². The van der Waals surface area contributed by atoms with Crippen molar-refractivity contribution in [3.05, 3.63) is 62.9 Å². The Morgan fingerprint density at radius 1 is 1.33 bits per heavy atom. The van der Waals surface area contributed by atoms with E-state index in [9.17, 15) is 14.5 Å². The zero-order valence-corrected chi connectivity index (χ0v) is 11.9. The highest BCUT2D eigenvalue weighted by Gasteiger charge is 2.15. The van der Waals surface area contributed by atoms with Crippen molar-refractivity contribution >= 4 is 23.0 Å². The fraction of sp³-hybridized carbons (Fsp3) is 0.143. The summed E-state index contributed by atoms with van der Waals surface area (Å²) < 4.78 is 18.5. The SMILES string of the molecule is COc1ccc(CNc2ccc(Cl)cc2F)cc1[N+](=O)[O-]. The summed E-state index contributed by atoms with van der Waals surface area (Å²) in [4.78, 5) is 10.4. The van der Waals surface area contributed by atoms with Gasteiger partial charge in [-0.25, -0.2) is 4.39 Å². The number of nitro groups is 1.